The van der Waals surface area contributed by atoms with Crippen molar-refractivity contribution in [3.8, 4) is 0 Å². The van der Waals surface area contributed by atoms with E-state index in [1.807, 2.05) is 6.20 Å². The molecule has 1 aromatic carbocycles. The molecule has 1 aliphatic rings. The molecular formula is C14H18N2O. The van der Waals surface area contributed by atoms with E-state index in [1.54, 1.807) is 0 Å². The van der Waals surface area contributed by atoms with Crippen molar-refractivity contribution in [3.63, 3.8) is 0 Å². The van der Waals surface area contributed by atoms with Gasteiger partial charge in [0, 0.05) is 23.8 Å². The normalized spacial score (nSPS) is 18.2. The first-order valence-electron chi connectivity index (χ1n) is 6.24. The number of fused-ring (bicyclic) bond motifs is 1. The van der Waals surface area contributed by atoms with Crippen LogP contribution in [0.4, 0.5) is 0 Å². The van der Waals surface area contributed by atoms with E-state index in [1.165, 1.54) is 22.9 Å². The van der Waals surface area contributed by atoms with Gasteiger partial charge in [0.05, 0.1) is 6.61 Å². The van der Waals surface area contributed by atoms with Crippen molar-refractivity contribution < 1.29 is 5.11 Å². The molecule has 3 N–H and O–H groups in total. The molecule has 1 heterocycles. The van der Waals surface area contributed by atoms with Crippen LogP contribution in [0.5, 0.6) is 0 Å². The monoisotopic (exact) mass is 230 g/mol. The number of hydrogen-bond donors (Lipinski definition) is 3. The number of para-hydroxylation sites is 1. The number of aromatic nitrogens is 1. The lowest BCUT2D eigenvalue weighted by Crippen LogP contribution is -2.53. The zero-order chi connectivity index (χ0) is 11.7. The van der Waals surface area contributed by atoms with E-state index in [0.29, 0.717) is 0 Å². The summed E-state index contributed by atoms with van der Waals surface area (Å²) in [5, 5.41) is 14.2. The van der Waals surface area contributed by atoms with Gasteiger partial charge in [-0.2, -0.15) is 0 Å². The fourth-order valence-electron chi connectivity index (χ4n) is 2.57. The van der Waals surface area contributed by atoms with E-state index < -0.39 is 0 Å². The topological polar surface area (TPSA) is 48.0 Å². The fraction of sp³-hybridized carbons (Fsp3) is 0.429. The molecule has 0 saturated heterocycles. The third-order valence-electron chi connectivity index (χ3n) is 3.94. The van der Waals surface area contributed by atoms with Gasteiger partial charge in [0.15, 0.2) is 0 Å². The summed E-state index contributed by atoms with van der Waals surface area (Å²) in [6, 6.07) is 8.42. The maximum absolute atomic E-state index is 9.42. The molecular weight excluding hydrogens is 212 g/mol. The minimum atomic E-state index is -0.0191. The van der Waals surface area contributed by atoms with Gasteiger partial charge in [-0.1, -0.05) is 18.2 Å². The van der Waals surface area contributed by atoms with Crippen molar-refractivity contribution in [2.24, 2.45) is 0 Å². The molecule has 0 amide bonds. The summed E-state index contributed by atoms with van der Waals surface area (Å²) in [4.78, 5) is 3.28. The van der Waals surface area contributed by atoms with Gasteiger partial charge in [-0.25, -0.2) is 0 Å². The molecule has 1 aliphatic carbocycles. The highest BCUT2D eigenvalue weighted by atomic mass is 16.3. The average Bonchev–Trinajstić information content (AvgIpc) is 2.77. The molecule has 0 spiro atoms. The summed E-state index contributed by atoms with van der Waals surface area (Å²) in [7, 11) is 0. The maximum Gasteiger partial charge on any atom is 0.0613 e. The molecule has 1 fully saturated rings. The minimum Gasteiger partial charge on any atom is -0.394 e. The van der Waals surface area contributed by atoms with Crippen molar-refractivity contribution in [3.05, 3.63) is 36.0 Å². The van der Waals surface area contributed by atoms with Crippen molar-refractivity contribution in [1.29, 1.82) is 0 Å². The number of rotatable bonds is 4. The molecule has 0 aliphatic heterocycles. The van der Waals surface area contributed by atoms with Gasteiger partial charge in [-0.15, -0.1) is 0 Å². The van der Waals surface area contributed by atoms with Gasteiger partial charge in [-0.05, 0) is 36.3 Å². The largest absolute Gasteiger partial charge is 0.394 e. The number of aliphatic hydroxyl groups is 1. The average molecular weight is 230 g/mol. The Balaban J connectivity index is 1.78. The lowest BCUT2D eigenvalue weighted by atomic mass is 9.77. The summed E-state index contributed by atoms with van der Waals surface area (Å²) in [5.74, 6) is 0. The number of aromatic amines is 1. The second kappa shape index (κ2) is 4.17. The molecule has 90 valence electrons. The zero-order valence-electron chi connectivity index (χ0n) is 9.87. The highest BCUT2D eigenvalue weighted by Gasteiger charge is 2.35. The Morgan fingerprint density at radius 3 is 2.88 bits per heavy atom. The Morgan fingerprint density at radius 2 is 2.18 bits per heavy atom. The SMILES string of the molecule is OCC1(NCc2cccc3cc[nH]c23)CCC1. The Hall–Kier alpha value is -1.32. The second-order valence-corrected chi connectivity index (χ2v) is 5.00. The lowest BCUT2D eigenvalue weighted by Gasteiger charge is -2.41. The van der Waals surface area contributed by atoms with E-state index >= 15 is 0 Å². The smallest absolute Gasteiger partial charge is 0.0613 e. The standard InChI is InChI=1S/C14H18N2O/c17-10-14(6-2-7-14)16-9-12-4-1-3-11-5-8-15-13(11)12/h1,3-5,8,15-17H,2,6-7,9-10H2. The van der Waals surface area contributed by atoms with Crippen LogP contribution in [0.2, 0.25) is 0 Å². The minimum absolute atomic E-state index is 0.0191. The van der Waals surface area contributed by atoms with Crippen LogP contribution in [-0.2, 0) is 6.54 Å². The summed E-state index contributed by atoms with van der Waals surface area (Å²) < 4.78 is 0. The van der Waals surface area contributed by atoms with Crippen LogP contribution in [0.1, 0.15) is 24.8 Å². The second-order valence-electron chi connectivity index (χ2n) is 5.00. The van der Waals surface area contributed by atoms with Crippen LogP contribution in [0.25, 0.3) is 10.9 Å². The van der Waals surface area contributed by atoms with Crippen molar-refractivity contribution in [1.82, 2.24) is 10.3 Å². The third-order valence-corrected chi connectivity index (χ3v) is 3.94. The highest BCUT2D eigenvalue weighted by Crippen LogP contribution is 2.31. The first-order chi connectivity index (χ1) is 8.33. The van der Waals surface area contributed by atoms with Crippen LogP contribution in [0, 0.1) is 0 Å². The Bertz CT molecular complexity index is 508. The van der Waals surface area contributed by atoms with Crippen molar-refractivity contribution in [2.45, 2.75) is 31.3 Å². The predicted molar refractivity (Wildman–Crippen MR) is 68.8 cm³/mol. The van der Waals surface area contributed by atoms with E-state index in [-0.39, 0.29) is 12.1 Å². The van der Waals surface area contributed by atoms with Gasteiger partial charge in [0.2, 0.25) is 0 Å². The molecule has 0 unspecified atom stereocenters. The molecule has 17 heavy (non-hydrogen) atoms. The maximum atomic E-state index is 9.42. The number of benzene rings is 1. The van der Waals surface area contributed by atoms with Crippen LogP contribution >= 0.6 is 0 Å². The van der Waals surface area contributed by atoms with Gasteiger partial charge in [0.1, 0.15) is 0 Å². The van der Waals surface area contributed by atoms with Crippen LogP contribution < -0.4 is 5.32 Å². The molecule has 3 rings (SSSR count). The Kier molecular flexibility index (Phi) is 2.65. The molecule has 1 saturated carbocycles. The molecule has 0 radical (unpaired) electrons. The van der Waals surface area contributed by atoms with Gasteiger partial charge < -0.3 is 15.4 Å². The van der Waals surface area contributed by atoms with Crippen molar-refractivity contribution in [2.75, 3.05) is 6.61 Å². The third kappa shape index (κ3) is 1.85. The summed E-state index contributed by atoms with van der Waals surface area (Å²) in [6.07, 6.45) is 5.37. The molecule has 0 bridgehead atoms. The van der Waals surface area contributed by atoms with E-state index in [0.717, 1.165) is 19.4 Å². The van der Waals surface area contributed by atoms with Gasteiger partial charge >= 0.3 is 0 Å². The number of aliphatic hydroxyl groups excluding tert-OH is 1. The van der Waals surface area contributed by atoms with Crippen LogP contribution in [0.3, 0.4) is 0 Å². The first kappa shape index (κ1) is 10.8. The van der Waals surface area contributed by atoms with Crippen LogP contribution in [-0.4, -0.2) is 22.2 Å². The van der Waals surface area contributed by atoms with Gasteiger partial charge in [-0.3, -0.25) is 0 Å². The summed E-state index contributed by atoms with van der Waals surface area (Å²) >= 11 is 0. The van der Waals surface area contributed by atoms with E-state index in [4.69, 9.17) is 0 Å². The predicted octanol–water partition coefficient (Wildman–Crippen LogP) is 2.17. The molecule has 1 aromatic heterocycles. The number of H-pyrrole nitrogens is 1. The van der Waals surface area contributed by atoms with Crippen molar-refractivity contribution >= 4 is 10.9 Å². The first-order valence-corrected chi connectivity index (χ1v) is 6.24. The summed E-state index contributed by atoms with van der Waals surface area (Å²) in [5.41, 5.74) is 2.45. The zero-order valence-corrected chi connectivity index (χ0v) is 9.87. The quantitative estimate of drug-likeness (QED) is 0.754. The summed E-state index contributed by atoms with van der Waals surface area (Å²) in [6.45, 7) is 1.06. The van der Waals surface area contributed by atoms with E-state index in [9.17, 15) is 5.11 Å². The fourth-order valence-corrected chi connectivity index (χ4v) is 2.57. The molecule has 2 aromatic rings. The number of hydrogen-bond acceptors (Lipinski definition) is 2. The lowest BCUT2D eigenvalue weighted by molar-refractivity contribution is 0.0873. The van der Waals surface area contributed by atoms with Crippen LogP contribution in [0.15, 0.2) is 30.5 Å². The van der Waals surface area contributed by atoms with E-state index in [2.05, 4.69) is 34.6 Å². The number of nitrogens with one attached hydrogen (secondary N) is 2. The Labute approximate surface area is 101 Å². The van der Waals surface area contributed by atoms with Gasteiger partial charge in [0.25, 0.3) is 0 Å². The Morgan fingerprint density at radius 1 is 1.29 bits per heavy atom. The molecule has 3 nitrogen and oxygen atoms in total. The highest BCUT2D eigenvalue weighted by molar-refractivity contribution is 5.82. The molecule has 3 heteroatoms. The molecule has 0 atom stereocenters.